The van der Waals surface area contributed by atoms with Gasteiger partial charge in [0, 0.05) is 10.0 Å². The van der Waals surface area contributed by atoms with Gasteiger partial charge in [-0.2, -0.15) is 23.3 Å². The third kappa shape index (κ3) is 4.88. The first-order valence-corrected chi connectivity index (χ1v) is 10.8. The Labute approximate surface area is 194 Å². The quantitative estimate of drug-likeness (QED) is 0.294. The Kier molecular flexibility index (Phi) is 6.61. The minimum Gasteiger partial charge on any atom is -0.489 e. The number of rotatable bonds is 4. The lowest BCUT2D eigenvalue weighted by atomic mass is 10.1. The highest BCUT2D eigenvalue weighted by Gasteiger charge is 2.33. The van der Waals surface area contributed by atoms with Gasteiger partial charge in [-0.25, -0.2) is 0 Å². The number of ether oxygens (including phenoxy) is 1. The number of alkyl halides is 3. The van der Waals surface area contributed by atoms with Gasteiger partial charge < -0.3 is 4.74 Å². The number of anilines is 1. The lowest BCUT2D eigenvalue weighted by Gasteiger charge is -2.16. The van der Waals surface area contributed by atoms with Crippen molar-refractivity contribution in [1.82, 2.24) is 0 Å². The predicted molar refractivity (Wildman–Crippen MR) is 123 cm³/mol. The summed E-state index contributed by atoms with van der Waals surface area (Å²) in [5.74, 6) is 0.122. The predicted octanol–water partition coefficient (Wildman–Crippen LogP) is 6.67. The maximum atomic E-state index is 13.0. The molecule has 0 spiro atoms. The van der Waals surface area contributed by atoms with Crippen molar-refractivity contribution in [3.8, 4) is 5.75 Å². The lowest BCUT2D eigenvalue weighted by molar-refractivity contribution is -0.137. The first-order valence-electron chi connectivity index (χ1n) is 8.92. The van der Waals surface area contributed by atoms with E-state index in [2.05, 4.69) is 43.6 Å². The minimum atomic E-state index is -4.51. The average Bonchev–Trinajstić information content (AvgIpc) is 2.92. The monoisotopic (exact) mass is 592 g/mol. The summed E-state index contributed by atoms with van der Waals surface area (Å²) in [5.41, 5.74) is 0.580. The fourth-order valence-corrected chi connectivity index (χ4v) is 4.55. The molecule has 0 radical (unpaired) electrons. The zero-order valence-electron chi connectivity index (χ0n) is 16.2. The van der Waals surface area contributed by atoms with Crippen LogP contribution in [-0.2, 0) is 11.0 Å². The standard InChI is InChI=1S/C21H17BrF3IN2O2/c1-11(2)30-19-13(7-15(22)10-18(19)26)8-17-12(3)27-28(20(17)29)16-6-4-5-14(9-16)21(23,24)25/h4-11H,1-3H3/b17-8+. The van der Waals surface area contributed by atoms with Crippen LogP contribution in [0.15, 0.2) is 51.5 Å². The maximum absolute atomic E-state index is 13.0. The molecule has 0 aromatic heterocycles. The summed E-state index contributed by atoms with van der Waals surface area (Å²) in [4.78, 5) is 13.0. The number of benzene rings is 2. The Morgan fingerprint density at radius 3 is 2.57 bits per heavy atom. The van der Waals surface area contributed by atoms with Crippen LogP contribution in [0.4, 0.5) is 18.9 Å². The highest BCUT2D eigenvalue weighted by atomic mass is 127. The Bertz CT molecular complexity index is 1060. The number of amides is 1. The van der Waals surface area contributed by atoms with Crippen LogP contribution >= 0.6 is 38.5 Å². The fourth-order valence-electron chi connectivity index (χ4n) is 2.88. The van der Waals surface area contributed by atoms with Crippen LogP contribution in [0.5, 0.6) is 5.75 Å². The summed E-state index contributed by atoms with van der Waals surface area (Å²) >= 11 is 5.60. The van der Waals surface area contributed by atoms with Crippen LogP contribution in [0.25, 0.3) is 6.08 Å². The van der Waals surface area contributed by atoms with E-state index >= 15 is 0 Å². The van der Waals surface area contributed by atoms with Crippen molar-refractivity contribution in [2.45, 2.75) is 33.1 Å². The number of carbonyl (C=O) groups excluding carboxylic acids is 1. The molecule has 1 heterocycles. The van der Waals surface area contributed by atoms with Gasteiger partial charge in [-0.15, -0.1) is 0 Å². The van der Waals surface area contributed by atoms with E-state index < -0.39 is 17.6 Å². The van der Waals surface area contributed by atoms with E-state index in [1.807, 2.05) is 26.0 Å². The highest BCUT2D eigenvalue weighted by molar-refractivity contribution is 14.1. The van der Waals surface area contributed by atoms with Gasteiger partial charge >= 0.3 is 6.18 Å². The molecule has 2 aromatic carbocycles. The topological polar surface area (TPSA) is 41.9 Å². The zero-order valence-corrected chi connectivity index (χ0v) is 20.0. The van der Waals surface area contributed by atoms with Crippen molar-refractivity contribution in [3.63, 3.8) is 0 Å². The summed E-state index contributed by atoms with van der Waals surface area (Å²) in [6, 6.07) is 8.25. The van der Waals surface area contributed by atoms with Crippen molar-refractivity contribution >= 4 is 61.9 Å². The second kappa shape index (κ2) is 8.70. The highest BCUT2D eigenvalue weighted by Crippen LogP contribution is 2.35. The van der Waals surface area contributed by atoms with Gasteiger partial charge in [-0.1, -0.05) is 22.0 Å². The van der Waals surface area contributed by atoms with E-state index in [-0.39, 0.29) is 17.4 Å². The molecule has 0 saturated heterocycles. The van der Waals surface area contributed by atoms with Crippen molar-refractivity contribution in [2.24, 2.45) is 5.10 Å². The van der Waals surface area contributed by atoms with E-state index in [1.54, 1.807) is 13.0 Å². The Morgan fingerprint density at radius 2 is 1.93 bits per heavy atom. The van der Waals surface area contributed by atoms with Gasteiger partial charge in [0.05, 0.1) is 32.2 Å². The summed E-state index contributed by atoms with van der Waals surface area (Å²) in [6.45, 7) is 5.44. The van der Waals surface area contributed by atoms with Crippen molar-refractivity contribution in [1.29, 1.82) is 0 Å². The van der Waals surface area contributed by atoms with Crippen LogP contribution in [0.2, 0.25) is 0 Å². The fraction of sp³-hybridized carbons (Fsp3) is 0.238. The molecule has 1 aliphatic rings. The summed E-state index contributed by atoms with van der Waals surface area (Å²) < 4.78 is 46.7. The molecule has 0 aliphatic carbocycles. The van der Waals surface area contributed by atoms with E-state index in [0.29, 0.717) is 17.0 Å². The molecule has 158 valence electrons. The second-order valence-electron chi connectivity index (χ2n) is 6.88. The molecule has 3 rings (SSSR count). The summed E-state index contributed by atoms with van der Waals surface area (Å²) in [6.07, 6.45) is -2.93. The molecular weight excluding hydrogens is 576 g/mol. The van der Waals surface area contributed by atoms with E-state index in [4.69, 9.17) is 4.74 Å². The molecule has 1 amide bonds. The van der Waals surface area contributed by atoms with Crippen LogP contribution in [-0.4, -0.2) is 17.7 Å². The molecule has 30 heavy (non-hydrogen) atoms. The van der Waals surface area contributed by atoms with E-state index in [0.717, 1.165) is 25.2 Å². The number of carbonyl (C=O) groups is 1. The van der Waals surface area contributed by atoms with Crippen LogP contribution in [0, 0.1) is 3.57 Å². The molecule has 0 atom stereocenters. The number of nitrogens with zero attached hydrogens (tertiary/aromatic N) is 2. The second-order valence-corrected chi connectivity index (χ2v) is 8.96. The summed E-state index contributed by atoms with van der Waals surface area (Å²) in [5, 5.41) is 5.17. The molecule has 4 nitrogen and oxygen atoms in total. The lowest BCUT2D eigenvalue weighted by Crippen LogP contribution is -2.22. The van der Waals surface area contributed by atoms with Gasteiger partial charge in [-0.05, 0) is 79.8 Å². The number of hydrogen-bond donors (Lipinski definition) is 0. The molecule has 0 fully saturated rings. The molecule has 1 aliphatic heterocycles. The molecule has 9 heteroatoms. The molecule has 2 aromatic rings. The molecular formula is C21H17BrF3IN2O2. The Hall–Kier alpha value is -1.88. The van der Waals surface area contributed by atoms with Gasteiger partial charge in [0.25, 0.3) is 5.91 Å². The Balaban J connectivity index is 2.02. The summed E-state index contributed by atoms with van der Waals surface area (Å²) in [7, 11) is 0. The average molecular weight is 593 g/mol. The van der Waals surface area contributed by atoms with Crippen LogP contribution in [0.1, 0.15) is 31.9 Å². The van der Waals surface area contributed by atoms with Crippen LogP contribution < -0.4 is 9.75 Å². The van der Waals surface area contributed by atoms with Gasteiger partial charge in [0.1, 0.15) is 5.75 Å². The molecule has 0 N–H and O–H groups in total. The number of halogens is 5. The van der Waals surface area contributed by atoms with Gasteiger partial charge in [-0.3, -0.25) is 4.79 Å². The van der Waals surface area contributed by atoms with E-state index in [9.17, 15) is 18.0 Å². The smallest absolute Gasteiger partial charge is 0.416 e. The first kappa shape index (κ1) is 22.8. The van der Waals surface area contributed by atoms with Crippen molar-refractivity contribution < 1.29 is 22.7 Å². The molecule has 0 saturated carbocycles. The number of hydrogen-bond acceptors (Lipinski definition) is 3. The van der Waals surface area contributed by atoms with Crippen molar-refractivity contribution in [2.75, 3.05) is 5.01 Å². The van der Waals surface area contributed by atoms with E-state index in [1.165, 1.54) is 12.1 Å². The minimum absolute atomic E-state index is 0.0556. The van der Waals surface area contributed by atoms with Gasteiger partial charge in [0.2, 0.25) is 0 Å². The third-order valence-corrected chi connectivity index (χ3v) is 5.43. The van der Waals surface area contributed by atoms with Gasteiger partial charge in [0.15, 0.2) is 0 Å². The first-order chi connectivity index (χ1) is 14.0. The van der Waals surface area contributed by atoms with Crippen molar-refractivity contribution in [3.05, 3.63) is 61.1 Å². The zero-order chi connectivity index (χ0) is 22.2. The Morgan fingerprint density at radius 1 is 1.23 bits per heavy atom. The molecule has 0 unspecified atom stereocenters. The third-order valence-electron chi connectivity index (χ3n) is 4.17. The largest absolute Gasteiger partial charge is 0.489 e. The molecule has 0 bridgehead atoms. The maximum Gasteiger partial charge on any atom is 0.416 e. The van der Waals surface area contributed by atoms with Crippen LogP contribution in [0.3, 0.4) is 0 Å². The number of hydrazone groups is 1. The SMILES string of the molecule is CC1=NN(c2cccc(C(F)(F)F)c2)C(=O)/C1=C/c1cc(Br)cc(I)c1OC(C)C. The normalized spacial score (nSPS) is 15.9.